The number of hydrogen-bond acceptors (Lipinski definition) is 3. The van der Waals surface area contributed by atoms with E-state index in [-0.39, 0.29) is 0 Å². The van der Waals surface area contributed by atoms with Gasteiger partial charge in [-0.25, -0.2) is 8.42 Å². The van der Waals surface area contributed by atoms with Crippen molar-refractivity contribution in [2.45, 2.75) is 31.6 Å². The van der Waals surface area contributed by atoms with Crippen molar-refractivity contribution in [3.8, 4) is 0 Å². The van der Waals surface area contributed by atoms with Crippen LogP contribution < -0.4 is 0 Å². The van der Waals surface area contributed by atoms with Gasteiger partial charge in [0.2, 0.25) is 0 Å². The molecule has 0 aliphatic heterocycles. The molecule has 0 aliphatic carbocycles. The van der Waals surface area contributed by atoms with Gasteiger partial charge in [0.25, 0.3) is 0 Å². The highest BCUT2D eigenvalue weighted by molar-refractivity contribution is 7.91. The Morgan fingerprint density at radius 1 is 1.40 bits per heavy atom. The first-order chi connectivity index (χ1) is 4.15. The van der Waals surface area contributed by atoms with Gasteiger partial charge in [-0.3, -0.25) is 0 Å². The second-order valence-electron chi connectivity index (χ2n) is 3.13. The molecule has 0 aromatic carbocycles. The average molecular weight is 166 g/mol. The molecule has 1 N–H and O–H groups in total. The molecule has 0 aliphatic rings. The molecule has 62 valence electrons. The average Bonchev–Trinajstić information content (AvgIpc) is 1.59. The Hall–Kier alpha value is -0.0900. The molecule has 0 aromatic rings. The fourth-order valence-corrected chi connectivity index (χ4v) is 1.57. The maximum atomic E-state index is 10.8. The van der Waals surface area contributed by atoms with E-state index < -0.39 is 20.7 Å². The first-order valence-electron chi connectivity index (χ1n) is 3.07. The number of hydrogen-bond donors (Lipinski definition) is 1. The molecule has 0 spiro atoms. The molecule has 0 heterocycles. The molecule has 0 radical (unpaired) electrons. The molecule has 0 fully saturated rings. The molecule has 0 amide bonds. The summed E-state index contributed by atoms with van der Waals surface area (Å²) in [6.45, 7) is 4.47. The predicted octanol–water partition coefficient (Wildman–Crippen LogP) is 0.190. The summed E-state index contributed by atoms with van der Waals surface area (Å²) < 4.78 is 21.6. The fraction of sp³-hybridized carbons (Fsp3) is 1.00. The molecule has 10 heavy (non-hydrogen) atoms. The van der Waals surface area contributed by atoms with Crippen LogP contribution in [0.4, 0.5) is 0 Å². The largest absolute Gasteiger partial charge is 0.389 e. The smallest absolute Gasteiger partial charge is 0.152 e. The van der Waals surface area contributed by atoms with Crippen molar-refractivity contribution in [2.24, 2.45) is 0 Å². The Bertz CT molecular complexity index is 198. The highest BCUT2D eigenvalue weighted by Crippen LogP contribution is 2.14. The van der Waals surface area contributed by atoms with Gasteiger partial charge >= 0.3 is 0 Å². The Kier molecular flexibility index (Phi) is 2.49. The normalized spacial score (nSPS) is 16.9. The molecule has 0 saturated carbocycles. The van der Waals surface area contributed by atoms with E-state index >= 15 is 0 Å². The maximum Gasteiger partial charge on any atom is 0.152 e. The van der Waals surface area contributed by atoms with Crippen molar-refractivity contribution in [3.63, 3.8) is 0 Å². The van der Waals surface area contributed by atoms with E-state index in [9.17, 15) is 13.5 Å². The molecule has 1 atom stereocenters. The van der Waals surface area contributed by atoms with E-state index in [1.165, 1.54) is 20.8 Å². The Morgan fingerprint density at radius 3 is 1.70 bits per heavy atom. The first-order valence-corrected chi connectivity index (χ1v) is 5.02. The monoisotopic (exact) mass is 166 g/mol. The molecule has 0 rings (SSSR count). The Morgan fingerprint density at radius 2 is 1.70 bits per heavy atom. The van der Waals surface area contributed by atoms with E-state index in [1.807, 2.05) is 0 Å². The maximum absolute atomic E-state index is 10.8. The highest BCUT2D eigenvalue weighted by Gasteiger charge is 2.30. The summed E-state index contributed by atoms with van der Waals surface area (Å²) in [6.07, 6.45) is 1.12. The fourth-order valence-electron chi connectivity index (χ4n) is 0.524. The SMILES string of the molecule is CC(C(C)(C)O)S(C)(=O)=O. The lowest BCUT2D eigenvalue weighted by Gasteiger charge is -2.23. The number of rotatable bonds is 2. The topological polar surface area (TPSA) is 54.4 Å². The van der Waals surface area contributed by atoms with Crippen LogP contribution in [0.2, 0.25) is 0 Å². The van der Waals surface area contributed by atoms with E-state index in [2.05, 4.69) is 0 Å². The van der Waals surface area contributed by atoms with Crippen LogP contribution in [-0.4, -0.2) is 30.6 Å². The molecule has 3 nitrogen and oxygen atoms in total. The Balaban J connectivity index is 4.56. The summed E-state index contributed by atoms with van der Waals surface area (Å²) in [4.78, 5) is 0. The van der Waals surface area contributed by atoms with E-state index in [4.69, 9.17) is 0 Å². The summed E-state index contributed by atoms with van der Waals surface area (Å²) in [5.74, 6) is 0. The third-order valence-corrected chi connectivity index (χ3v) is 3.50. The minimum Gasteiger partial charge on any atom is -0.389 e. The van der Waals surface area contributed by atoms with Crippen molar-refractivity contribution in [2.75, 3.05) is 6.26 Å². The predicted molar refractivity (Wildman–Crippen MR) is 40.6 cm³/mol. The summed E-state index contributed by atoms with van der Waals surface area (Å²) in [5, 5.41) is 8.53. The lowest BCUT2D eigenvalue weighted by atomic mass is 10.1. The zero-order valence-corrected chi connectivity index (χ0v) is 7.57. The van der Waals surface area contributed by atoms with Crippen molar-refractivity contribution >= 4 is 9.84 Å². The zero-order valence-electron chi connectivity index (χ0n) is 6.75. The molecule has 0 aromatic heterocycles. The standard InChI is InChI=1S/C6H14O3S/c1-5(6(2,3)7)10(4,8)9/h5,7H,1-4H3. The van der Waals surface area contributed by atoms with Gasteiger partial charge in [-0.15, -0.1) is 0 Å². The van der Waals surface area contributed by atoms with Crippen LogP contribution in [0.25, 0.3) is 0 Å². The van der Waals surface area contributed by atoms with Crippen LogP contribution in [0.15, 0.2) is 0 Å². The van der Waals surface area contributed by atoms with Gasteiger partial charge in [-0.1, -0.05) is 0 Å². The van der Waals surface area contributed by atoms with Crippen molar-refractivity contribution in [1.29, 1.82) is 0 Å². The third kappa shape index (κ3) is 2.66. The lowest BCUT2D eigenvalue weighted by Crippen LogP contribution is -2.39. The molecule has 0 saturated heterocycles. The minimum atomic E-state index is -3.11. The summed E-state index contributed by atoms with van der Waals surface area (Å²) in [7, 11) is -3.11. The molecule has 1 unspecified atom stereocenters. The number of sulfone groups is 1. The van der Waals surface area contributed by atoms with Gasteiger partial charge in [-0.05, 0) is 20.8 Å². The van der Waals surface area contributed by atoms with Gasteiger partial charge in [0.05, 0.1) is 10.9 Å². The second kappa shape index (κ2) is 2.51. The van der Waals surface area contributed by atoms with E-state index in [0.29, 0.717) is 0 Å². The third-order valence-electron chi connectivity index (χ3n) is 1.64. The van der Waals surface area contributed by atoms with Crippen LogP contribution in [0, 0.1) is 0 Å². The van der Waals surface area contributed by atoms with Crippen LogP contribution in [0.3, 0.4) is 0 Å². The van der Waals surface area contributed by atoms with Gasteiger partial charge < -0.3 is 5.11 Å². The van der Waals surface area contributed by atoms with Gasteiger partial charge in [0, 0.05) is 6.26 Å². The molecular formula is C6H14O3S. The van der Waals surface area contributed by atoms with Gasteiger partial charge in [0.1, 0.15) is 0 Å². The van der Waals surface area contributed by atoms with E-state index in [0.717, 1.165) is 6.26 Å². The quantitative estimate of drug-likeness (QED) is 0.637. The molecule has 4 heteroatoms. The summed E-state index contributed by atoms with van der Waals surface area (Å²) in [5.41, 5.74) is -1.15. The second-order valence-corrected chi connectivity index (χ2v) is 5.49. The van der Waals surface area contributed by atoms with Gasteiger partial charge in [0.15, 0.2) is 9.84 Å². The lowest BCUT2D eigenvalue weighted by molar-refractivity contribution is 0.0798. The molecule has 0 bridgehead atoms. The van der Waals surface area contributed by atoms with Crippen LogP contribution in [0.5, 0.6) is 0 Å². The van der Waals surface area contributed by atoms with Crippen LogP contribution in [-0.2, 0) is 9.84 Å². The van der Waals surface area contributed by atoms with Crippen LogP contribution >= 0.6 is 0 Å². The summed E-state index contributed by atoms with van der Waals surface area (Å²) >= 11 is 0. The highest BCUT2D eigenvalue weighted by atomic mass is 32.2. The van der Waals surface area contributed by atoms with Crippen molar-refractivity contribution in [3.05, 3.63) is 0 Å². The van der Waals surface area contributed by atoms with Crippen molar-refractivity contribution in [1.82, 2.24) is 0 Å². The minimum absolute atomic E-state index is 0.708. The van der Waals surface area contributed by atoms with Gasteiger partial charge in [-0.2, -0.15) is 0 Å². The first kappa shape index (κ1) is 9.91. The summed E-state index contributed by atoms with van der Waals surface area (Å²) in [6, 6.07) is 0. The van der Waals surface area contributed by atoms with E-state index in [1.54, 1.807) is 0 Å². The Labute approximate surface area is 62.0 Å². The van der Waals surface area contributed by atoms with Crippen LogP contribution in [0.1, 0.15) is 20.8 Å². The number of aliphatic hydroxyl groups is 1. The zero-order chi connectivity index (χ0) is 8.58. The molecular weight excluding hydrogens is 152 g/mol. The van der Waals surface area contributed by atoms with Crippen molar-refractivity contribution < 1.29 is 13.5 Å².